The SMILES string of the molecule is OCc1ccc2c(ccn2Cc2c(F)ccc(Br)c2F)c1. The third-order valence-electron chi connectivity index (χ3n) is 3.49. The molecule has 0 atom stereocenters. The third-order valence-corrected chi connectivity index (χ3v) is 4.10. The van der Waals surface area contributed by atoms with E-state index in [2.05, 4.69) is 15.9 Å². The van der Waals surface area contributed by atoms with Crippen molar-refractivity contribution < 1.29 is 13.9 Å². The first-order chi connectivity index (χ1) is 10.1. The van der Waals surface area contributed by atoms with Crippen LogP contribution in [0, 0.1) is 11.6 Å². The summed E-state index contributed by atoms with van der Waals surface area (Å²) in [5, 5.41) is 10.1. The fourth-order valence-corrected chi connectivity index (χ4v) is 2.74. The zero-order valence-electron chi connectivity index (χ0n) is 11.0. The van der Waals surface area contributed by atoms with Crippen molar-refractivity contribution in [3.63, 3.8) is 0 Å². The van der Waals surface area contributed by atoms with Crippen LogP contribution in [0.15, 0.2) is 47.1 Å². The van der Waals surface area contributed by atoms with Gasteiger partial charge in [0.15, 0.2) is 0 Å². The molecule has 0 saturated carbocycles. The molecular weight excluding hydrogens is 340 g/mol. The van der Waals surface area contributed by atoms with Gasteiger partial charge in [-0.25, -0.2) is 8.78 Å². The predicted octanol–water partition coefficient (Wildman–Crippen LogP) is 4.22. The maximum absolute atomic E-state index is 14.0. The van der Waals surface area contributed by atoms with Gasteiger partial charge in [-0.2, -0.15) is 0 Å². The molecule has 0 saturated heterocycles. The Morgan fingerprint density at radius 1 is 1.10 bits per heavy atom. The van der Waals surface area contributed by atoms with Gasteiger partial charge in [-0.15, -0.1) is 0 Å². The Morgan fingerprint density at radius 3 is 2.67 bits per heavy atom. The highest BCUT2D eigenvalue weighted by atomic mass is 79.9. The molecule has 0 amide bonds. The number of fused-ring (bicyclic) bond motifs is 1. The fraction of sp³-hybridized carbons (Fsp3) is 0.125. The molecule has 3 aromatic rings. The van der Waals surface area contributed by atoms with Gasteiger partial charge in [0, 0.05) is 17.3 Å². The molecule has 0 unspecified atom stereocenters. The lowest BCUT2D eigenvalue weighted by Gasteiger charge is -2.09. The second kappa shape index (κ2) is 5.58. The number of halogens is 3. The van der Waals surface area contributed by atoms with Gasteiger partial charge in [0.05, 0.1) is 17.6 Å². The van der Waals surface area contributed by atoms with Gasteiger partial charge >= 0.3 is 0 Å². The molecule has 2 aromatic carbocycles. The molecular formula is C16H12BrF2NO. The summed E-state index contributed by atoms with van der Waals surface area (Å²) >= 11 is 3.07. The molecule has 1 N–H and O–H groups in total. The lowest BCUT2D eigenvalue weighted by Crippen LogP contribution is -2.04. The summed E-state index contributed by atoms with van der Waals surface area (Å²) in [5.74, 6) is -1.15. The van der Waals surface area contributed by atoms with Crippen molar-refractivity contribution in [2.24, 2.45) is 0 Å². The first-order valence-corrected chi connectivity index (χ1v) is 7.20. The molecule has 0 radical (unpaired) electrons. The summed E-state index contributed by atoms with van der Waals surface area (Å²) in [7, 11) is 0. The van der Waals surface area contributed by atoms with Gasteiger partial charge in [0.2, 0.25) is 0 Å². The van der Waals surface area contributed by atoms with E-state index in [0.717, 1.165) is 16.5 Å². The molecule has 108 valence electrons. The minimum Gasteiger partial charge on any atom is -0.392 e. The number of hydrogen-bond donors (Lipinski definition) is 1. The quantitative estimate of drug-likeness (QED) is 0.702. The zero-order valence-corrected chi connectivity index (χ0v) is 12.6. The Kier molecular flexibility index (Phi) is 3.78. The van der Waals surface area contributed by atoms with E-state index in [1.165, 1.54) is 12.1 Å². The Morgan fingerprint density at radius 2 is 1.90 bits per heavy atom. The van der Waals surface area contributed by atoms with Crippen LogP contribution in [-0.4, -0.2) is 9.67 Å². The molecule has 0 spiro atoms. The Hall–Kier alpha value is -1.72. The van der Waals surface area contributed by atoms with E-state index in [1.54, 1.807) is 16.8 Å². The molecule has 1 aromatic heterocycles. The number of aliphatic hydroxyl groups excluding tert-OH is 1. The topological polar surface area (TPSA) is 25.2 Å². The summed E-state index contributed by atoms with van der Waals surface area (Å²) < 4.78 is 29.9. The van der Waals surface area contributed by atoms with E-state index < -0.39 is 11.6 Å². The summed E-state index contributed by atoms with van der Waals surface area (Å²) in [5.41, 5.74) is 1.69. The molecule has 1 heterocycles. The summed E-state index contributed by atoms with van der Waals surface area (Å²) in [6, 6.07) is 9.97. The Labute approximate surface area is 128 Å². The van der Waals surface area contributed by atoms with Gasteiger partial charge in [0.25, 0.3) is 0 Å². The Balaban J connectivity index is 2.05. The van der Waals surface area contributed by atoms with Gasteiger partial charge in [-0.1, -0.05) is 6.07 Å². The molecule has 0 bridgehead atoms. The van der Waals surface area contributed by atoms with Crippen molar-refractivity contribution >= 4 is 26.8 Å². The summed E-state index contributed by atoms with van der Waals surface area (Å²) in [6.07, 6.45) is 1.78. The first kappa shape index (κ1) is 14.2. The normalized spacial score (nSPS) is 11.2. The van der Waals surface area contributed by atoms with Gasteiger partial charge in [-0.3, -0.25) is 0 Å². The van der Waals surface area contributed by atoms with E-state index >= 15 is 0 Å². The van der Waals surface area contributed by atoms with Gasteiger partial charge in [-0.05, 0) is 57.2 Å². The van der Waals surface area contributed by atoms with Crippen molar-refractivity contribution in [3.8, 4) is 0 Å². The standard InChI is InChI=1S/C16H12BrF2NO/c17-13-2-3-14(18)12(16(13)19)8-20-6-5-11-7-10(9-21)1-4-15(11)20/h1-7,21H,8-9H2. The molecule has 0 aliphatic rings. The lowest BCUT2D eigenvalue weighted by molar-refractivity contribution is 0.282. The molecule has 2 nitrogen and oxygen atoms in total. The van der Waals surface area contributed by atoms with Crippen molar-refractivity contribution in [2.75, 3.05) is 0 Å². The Bertz CT molecular complexity index is 813. The second-order valence-electron chi connectivity index (χ2n) is 4.82. The van der Waals surface area contributed by atoms with Crippen LogP contribution in [0.4, 0.5) is 8.78 Å². The smallest absolute Gasteiger partial charge is 0.145 e. The minimum atomic E-state index is -0.580. The van der Waals surface area contributed by atoms with E-state index in [1.807, 2.05) is 18.2 Å². The van der Waals surface area contributed by atoms with Crippen LogP contribution in [0.5, 0.6) is 0 Å². The highest BCUT2D eigenvalue weighted by Gasteiger charge is 2.13. The van der Waals surface area contributed by atoms with Crippen LogP contribution < -0.4 is 0 Å². The van der Waals surface area contributed by atoms with Gasteiger partial charge < -0.3 is 9.67 Å². The van der Waals surface area contributed by atoms with Crippen LogP contribution in [0.2, 0.25) is 0 Å². The largest absolute Gasteiger partial charge is 0.392 e. The number of aromatic nitrogens is 1. The maximum atomic E-state index is 14.0. The predicted molar refractivity (Wildman–Crippen MR) is 81.0 cm³/mol. The average Bonchev–Trinajstić information content (AvgIpc) is 2.89. The molecule has 5 heteroatoms. The van der Waals surface area contributed by atoms with Crippen LogP contribution in [0.1, 0.15) is 11.1 Å². The third kappa shape index (κ3) is 2.59. The monoisotopic (exact) mass is 351 g/mol. The fourth-order valence-electron chi connectivity index (χ4n) is 2.37. The summed E-state index contributed by atoms with van der Waals surface area (Å²) in [4.78, 5) is 0. The van der Waals surface area contributed by atoms with Crippen LogP contribution >= 0.6 is 15.9 Å². The average molecular weight is 352 g/mol. The number of nitrogens with zero attached hydrogens (tertiary/aromatic N) is 1. The second-order valence-corrected chi connectivity index (χ2v) is 5.67. The number of hydrogen-bond acceptors (Lipinski definition) is 1. The molecule has 0 aliphatic carbocycles. The first-order valence-electron chi connectivity index (χ1n) is 6.41. The van der Waals surface area contributed by atoms with Crippen LogP contribution in [0.3, 0.4) is 0 Å². The molecule has 0 fully saturated rings. The number of rotatable bonds is 3. The lowest BCUT2D eigenvalue weighted by atomic mass is 10.1. The van der Waals surface area contributed by atoms with E-state index in [0.29, 0.717) is 0 Å². The number of aliphatic hydroxyl groups is 1. The highest BCUT2D eigenvalue weighted by Crippen LogP contribution is 2.25. The van der Waals surface area contributed by atoms with Crippen molar-refractivity contribution in [1.29, 1.82) is 0 Å². The van der Waals surface area contributed by atoms with Crippen LogP contribution in [0.25, 0.3) is 10.9 Å². The molecule has 3 rings (SSSR count). The zero-order chi connectivity index (χ0) is 15.0. The summed E-state index contributed by atoms with van der Waals surface area (Å²) in [6.45, 7) is 0.0785. The van der Waals surface area contributed by atoms with E-state index in [9.17, 15) is 8.78 Å². The highest BCUT2D eigenvalue weighted by molar-refractivity contribution is 9.10. The maximum Gasteiger partial charge on any atom is 0.145 e. The molecule has 21 heavy (non-hydrogen) atoms. The van der Waals surface area contributed by atoms with Crippen LogP contribution in [-0.2, 0) is 13.2 Å². The van der Waals surface area contributed by atoms with Crippen molar-refractivity contribution in [1.82, 2.24) is 4.57 Å². The number of benzene rings is 2. The van der Waals surface area contributed by atoms with E-state index in [4.69, 9.17) is 5.11 Å². The minimum absolute atomic E-state index is 0.0214. The van der Waals surface area contributed by atoms with Crippen molar-refractivity contribution in [2.45, 2.75) is 13.2 Å². The van der Waals surface area contributed by atoms with Gasteiger partial charge in [0.1, 0.15) is 11.6 Å². The van der Waals surface area contributed by atoms with E-state index in [-0.39, 0.29) is 23.2 Å². The molecule has 0 aliphatic heterocycles. The van der Waals surface area contributed by atoms with Crippen molar-refractivity contribution in [3.05, 3.63) is 69.8 Å².